The van der Waals surface area contributed by atoms with Crippen LogP contribution in [0.25, 0.3) is 12.2 Å². The number of carbonyl (C=O) groups excluding carboxylic acids is 1. The summed E-state index contributed by atoms with van der Waals surface area (Å²) < 4.78 is 36.5. The van der Waals surface area contributed by atoms with Gasteiger partial charge in [-0.3, -0.25) is 13.9 Å². The summed E-state index contributed by atoms with van der Waals surface area (Å²) in [5, 5.41) is 0. The molecule has 0 atom stereocenters. The van der Waals surface area contributed by atoms with E-state index in [1.54, 1.807) is 36.4 Å². The molecule has 0 fully saturated rings. The number of benzene rings is 2. The molecule has 0 aliphatic carbocycles. The second kappa shape index (κ2) is 12.0. The van der Waals surface area contributed by atoms with Crippen LogP contribution < -0.4 is 9.05 Å². The van der Waals surface area contributed by atoms with Gasteiger partial charge in [0.25, 0.3) is 0 Å². The number of hydrogen-bond donors (Lipinski definition) is 0. The molecular weight excluding hydrogens is 442 g/mol. The maximum atomic E-state index is 12.5. The van der Waals surface area contributed by atoms with Gasteiger partial charge in [0.2, 0.25) is 14.7 Å². The molecule has 172 valence electrons. The summed E-state index contributed by atoms with van der Waals surface area (Å²) in [6.45, 7) is 7.42. The van der Waals surface area contributed by atoms with Gasteiger partial charge in [-0.1, -0.05) is 64.1 Å². The summed E-state index contributed by atoms with van der Waals surface area (Å²) in [4.78, 5) is 12.3. The van der Waals surface area contributed by atoms with Crippen LogP contribution in [-0.4, -0.2) is 30.4 Å². The molecule has 0 saturated carbocycles. The van der Waals surface area contributed by atoms with E-state index in [2.05, 4.69) is 0 Å². The minimum Gasteiger partial charge on any atom is -0.443 e. The van der Waals surface area contributed by atoms with Gasteiger partial charge >= 0.3 is 0 Å². The first kappa shape index (κ1) is 25.9. The molecular formula is C25H32O5P2. The van der Waals surface area contributed by atoms with Gasteiger partial charge in [0, 0.05) is 24.6 Å². The van der Waals surface area contributed by atoms with E-state index in [0.29, 0.717) is 36.1 Å². The van der Waals surface area contributed by atoms with Gasteiger partial charge < -0.3 is 9.05 Å². The van der Waals surface area contributed by atoms with E-state index < -0.39 is 14.7 Å². The Morgan fingerprint density at radius 1 is 0.719 bits per heavy atom. The molecule has 0 aliphatic rings. The van der Waals surface area contributed by atoms with Gasteiger partial charge in [-0.15, -0.1) is 0 Å². The van der Waals surface area contributed by atoms with Crippen molar-refractivity contribution in [1.29, 1.82) is 0 Å². The van der Waals surface area contributed by atoms with E-state index >= 15 is 0 Å². The smallest absolute Gasteiger partial charge is 0.247 e. The van der Waals surface area contributed by atoms with E-state index in [9.17, 15) is 13.9 Å². The van der Waals surface area contributed by atoms with E-state index in [0.717, 1.165) is 11.1 Å². The summed E-state index contributed by atoms with van der Waals surface area (Å²) in [5.74, 6) is 0.897. The summed E-state index contributed by atoms with van der Waals surface area (Å²) in [7, 11) is -5.31. The molecule has 2 aromatic carbocycles. The van der Waals surface area contributed by atoms with Gasteiger partial charge in [0.1, 0.15) is 11.5 Å². The fourth-order valence-corrected chi connectivity index (χ4v) is 5.26. The minimum absolute atomic E-state index is 0.178. The minimum atomic E-state index is -2.66. The van der Waals surface area contributed by atoms with Crippen LogP contribution >= 0.6 is 14.7 Å². The highest BCUT2D eigenvalue weighted by Gasteiger charge is 2.19. The second-order valence-electron chi connectivity index (χ2n) is 7.29. The molecule has 0 unspecified atom stereocenters. The zero-order chi connectivity index (χ0) is 23.6. The molecule has 0 aromatic heterocycles. The molecule has 2 aromatic rings. The number of hydrogen-bond acceptors (Lipinski definition) is 5. The van der Waals surface area contributed by atoms with Crippen molar-refractivity contribution >= 4 is 32.7 Å². The zero-order valence-electron chi connectivity index (χ0n) is 19.2. The Kier molecular flexibility index (Phi) is 9.75. The van der Waals surface area contributed by atoms with Crippen LogP contribution in [-0.2, 0) is 13.9 Å². The predicted octanol–water partition coefficient (Wildman–Crippen LogP) is 7.38. The first-order chi connectivity index (χ1) is 15.2. The monoisotopic (exact) mass is 474 g/mol. The van der Waals surface area contributed by atoms with Crippen LogP contribution in [0.2, 0.25) is 0 Å². The van der Waals surface area contributed by atoms with Crippen molar-refractivity contribution in [2.75, 3.05) is 24.6 Å². The summed E-state index contributed by atoms with van der Waals surface area (Å²) >= 11 is 0. The van der Waals surface area contributed by atoms with Crippen molar-refractivity contribution < 1.29 is 23.0 Å². The first-order valence-corrected chi connectivity index (χ1v) is 14.9. The summed E-state index contributed by atoms with van der Waals surface area (Å²) in [6.07, 6.45) is 8.25. The van der Waals surface area contributed by atoms with Crippen molar-refractivity contribution in [3.8, 4) is 11.5 Å². The summed E-state index contributed by atoms with van der Waals surface area (Å²) in [5.41, 5.74) is 1.57. The van der Waals surface area contributed by atoms with Crippen molar-refractivity contribution in [2.45, 2.75) is 27.7 Å². The normalized spacial score (nSPS) is 12.4. The maximum Gasteiger partial charge on any atom is 0.247 e. The Bertz CT molecular complexity index is 972. The van der Waals surface area contributed by atoms with Crippen LogP contribution in [0.3, 0.4) is 0 Å². The average Bonchev–Trinajstić information content (AvgIpc) is 2.81. The van der Waals surface area contributed by atoms with Crippen molar-refractivity contribution in [2.24, 2.45) is 0 Å². The lowest BCUT2D eigenvalue weighted by Crippen LogP contribution is -1.98. The van der Waals surface area contributed by atoms with E-state index in [1.165, 1.54) is 12.2 Å². The van der Waals surface area contributed by atoms with E-state index in [4.69, 9.17) is 9.05 Å². The molecule has 0 amide bonds. The van der Waals surface area contributed by atoms with E-state index in [-0.39, 0.29) is 5.78 Å². The molecule has 7 heteroatoms. The third kappa shape index (κ3) is 7.97. The number of carbonyl (C=O) groups is 1. The number of allylic oxidation sites excluding steroid dienone is 2. The molecule has 0 N–H and O–H groups in total. The van der Waals surface area contributed by atoms with Gasteiger partial charge in [0.05, 0.1) is 0 Å². The molecule has 0 bridgehead atoms. The number of ketones is 1. The Morgan fingerprint density at radius 2 is 1.09 bits per heavy atom. The van der Waals surface area contributed by atoms with Crippen LogP contribution in [0.5, 0.6) is 11.5 Å². The SMILES string of the molecule is CCP(=O)(CC)Oc1cccc(C=CC(=O)C=Cc2cccc(OP(=O)(CC)CC)c2)c1. The van der Waals surface area contributed by atoms with Crippen molar-refractivity contribution in [3.63, 3.8) is 0 Å². The molecule has 0 saturated heterocycles. The Morgan fingerprint density at radius 3 is 1.44 bits per heavy atom. The first-order valence-electron chi connectivity index (χ1n) is 10.9. The lowest BCUT2D eigenvalue weighted by atomic mass is 10.1. The quantitative estimate of drug-likeness (QED) is 0.237. The molecule has 5 nitrogen and oxygen atoms in total. The third-order valence-corrected chi connectivity index (χ3v) is 10.0. The lowest BCUT2D eigenvalue weighted by Gasteiger charge is -2.16. The number of rotatable bonds is 12. The second-order valence-corrected chi connectivity index (χ2v) is 13.4. The molecule has 0 aliphatic heterocycles. The fourth-order valence-electron chi connectivity index (χ4n) is 2.85. The van der Waals surface area contributed by atoms with Gasteiger partial charge in [-0.05, 0) is 47.5 Å². The van der Waals surface area contributed by atoms with Gasteiger partial charge in [0.15, 0.2) is 5.78 Å². The van der Waals surface area contributed by atoms with Crippen LogP contribution in [0.15, 0.2) is 60.7 Å². The van der Waals surface area contributed by atoms with Crippen LogP contribution in [0.4, 0.5) is 0 Å². The van der Waals surface area contributed by atoms with Crippen molar-refractivity contribution in [3.05, 3.63) is 71.8 Å². The van der Waals surface area contributed by atoms with E-state index in [1.807, 2.05) is 52.0 Å². The van der Waals surface area contributed by atoms with Gasteiger partial charge in [-0.2, -0.15) is 0 Å². The fraction of sp³-hybridized carbons (Fsp3) is 0.320. The third-order valence-electron chi connectivity index (χ3n) is 5.07. The molecule has 0 radical (unpaired) electrons. The molecule has 32 heavy (non-hydrogen) atoms. The van der Waals surface area contributed by atoms with Gasteiger partial charge in [-0.25, -0.2) is 0 Å². The zero-order valence-corrected chi connectivity index (χ0v) is 21.0. The van der Waals surface area contributed by atoms with Crippen LogP contribution in [0, 0.1) is 0 Å². The Balaban J connectivity index is 2.05. The van der Waals surface area contributed by atoms with Crippen molar-refractivity contribution in [1.82, 2.24) is 0 Å². The van der Waals surface area contributed by atoms with Crippen LogP contribution in [0.1, 0.15) is 38.8 Å². The highest BCUT2D eigenvalue weighted by molar-refractivity contribution is 7.59. The predicted molar refractivity (Wildman–Crippen MR) is 135 cm³/mol. The average molecular weight is 474 g/mol. The largest absolute Gasteiger partial charge is 0.443 e. The highest BCUT2D eigenvalue weighted by atomic mass is 31.2. The highest BCUT2D eigenvalue weighted by Crippen LogP contribution is 2.47. The maximum absolute atomic E-state index is 12.5. The topological polar surface area (TPSA) is 69.7 Å². The molecule has 2 rings (SSSR count). The standard InChI is InChI=1S/C25H32O5P2/c1-5-31(27,6-2)29-24-13-9-11-21(19-24)15-17-23(26)18-16-22-12-10-14-25(20-22)30-32(28,7-3)8-4/h9-20H,5-8H2,1-4H3. The lowest BCUT2D eigenvalue weighted by molar-refractivity contribution is -0.110. The summed E-state index contributed by atoms with van der Waals surface area (Å²) in [6, 6.07) is 14.4. The Labute approximate surface area is 191 Å². The molecule has 0 spiro atoms. The Hall–Kier alpha value is -2.35. The molecule has 0 heterocycles.